The van der Waals surface area contributed by atoms with Crippen molar-refractivity contribution in [2.75, 3.05) is 0 Å². The first-order valence-corrected chi connectivity index (χ1v) is 9.82. The molecule has 0 aromatic carbocycles. The zero-order valence-corrected chi connectivity index (χ0v) is 15.3. The van der Waals surface area contributed by atoms with E-state index in [1.807, 2.05) is 0 Å². The summed E-state index contributed by atoms with van der Waals surface area (Å²) in [7, 11) is -0.565. The van der Waals surface area contributed by atoms with Crippen LogP contribution in [0.1, 0.15) is 40.5 Å². The van der Waals surface area contributed by atoms with Crippen LogP contribution in [0.2, 0.25) is 0 Å². The van der Waals surface area contributed by atoms with Crippen LogP contribution < -0.4 is 4.62 Å². The van der Waals surface area contributed by atoms with Crippen molar-refractivity contribution in [1.29, 1.82) is 0 Å². The van der Waals surface area contributed by atoms with Gasteiger partial charge in [-0.05, 0) is 55.1 Å². The maximum Gasteiger partial charge on any atom is 0.173 e. The van der Waals surface area contributed by atoms with Crippen LogP contribution in [0.3, 0.4) is 0 Å². The van der Waals surface area contributed by atoms with Crippen LogP contribution in [0.4, 0.5) is 0 Å². The third kappa shape index (κ3) is 1.77. The summed E-state index contributed by atoms with van der Waals surface area (Å²) in [5, 5.41) is 1.77. The molecule has 3 nitrogen and oxygen atoms in total. The van der Waals surface area contributed by atoms with Gasteiger partial charge in [0, 0.05) is 29.9 Å². The van der Waals surface area contributed by atoms with Crippen LogP contribution in [0.5, 0.6) is 0 Å². The fraction of sp³-hybridized carbons (Fsp3) is 0.714. The molecule has 5 heterocycles. The maximum atomic E-state index is 6.43. The molecular weight excluding hydrogens is 359 g/mol. The van der Waals surface area contributed by atoms with Crippen LogP contribution in [-0.4, -0.2) is 22.3 Å². The van der Waals surface area contributed by atoms with Gasteiger partial charge in [0.05, 0.1) is 0 Å². The van der Waals surface area contributed by atoms with Crippen molar-refractivity contribution in [1.82, 2.24) is 0 Å². The molecule has 110 valence electrons. The smallest absolute Gasteiger partial charge is 0.173 e. The van der Waals surface area contributed by atoms with Gasteiger partial charge in [0.25, 0.3) is 0 Å². The highest BCUT2D eigenvalue weighted by Gasteiger charge is 2.71. The minimum absolute atomic E-state index is 0.185. The van der Waals surface area contributed by atoms with Crippen LogP contribution in [0, 0.1) is 0 Å². The normalized spacial score (nSPS) is 53.5. The van der Waals surface area contributed by atoms with E-state index in [-0.39, 0.29) is 10.7 Å². The van der Waals surface area contributed by atoms with Gasteiger partial charge in [-0.2, -0.15) is 0 Å². The summed E-state index contributed by atoms with van der Waals surface area (Å²) in [5.41, 5.74) is 0. The molecule has 1 aromatic rings. The Morgan fingerprint density at radius 3 is 2.05 bits per heavy atom. The largest absolute Gasteiger partial charge is 0.339 e. The molecule has 0 aliphatic carbocycles. The lowest BCUT2D eigenvalue weighted by Crippen LogP contribution is -2.72. The molecule has 20 heavy (non-hydrogen) atoms. The monoisotopic (exact) mass is 376 g/mol. The highest BCUT2D eigenvalue weighted by atomic mass is 79.9. The van der Waals surface area contributed by atoms with Gasteiger partial charge >= 0.3 is 0 Å². The second kappa shape index (κ2) is 3.87. The van der Waals surface area contributed by atoms with Crippen LogP contribution in [-0.2, 0) is 14.2 Å². The quantitative estimate of drug-likeness (QED) is 0.681. The lowest BCUT2D eigenvalue weighted by atomic mass is 9.98. The molecule has 0 N–H and O–H groups in total. The van der Waals surface area contributed by atoms with E-state index in [0.29, 0.717) is 0 Å². The Bertz CT molecular complexity index is 545. The van der Waals surface area contributed by atoms with Crippen molar-refractivity contribution in [2.45, 2.75) is 62.8 Å². The second-order valence-corrected chi connectivity index (χ2v) is 11.8. The Kier molecular flexibility index (Phi) is 2.73. The maximum absolute atomic E-state index is 6.43. The standard InChI is InChI=1S/C14H18BrO3PS/c1-11-7-13(3)18-12(2,16-11)8-14(4,17-11)19(13)10-9(15)5-6-20-10/h5-6H,7-8H2,1-4H3. The third-order valence-corrected chi connectivity index (χ3v) is 10.2. The Morgan fingerprint density at radius 1 is 1.05 bits per heavy atom. The molecule has 4 atom stereocenters. The molecule has 4 aliphatic heterocycles. The minimum atomic E-state index is -0.565. The summed E-state index contributed by atoms with van der Waals surface area (Å²) in [6.07, 6.45) is 1.59. The van der Waals surface area contributed by atoms with Crippen molar-refractivity contribution in [3.8, 4) is 0 Å². The van der Waals surface area contributed by atoms with Gasteiger partial charge in [-0.25, -0.2) is 0 Å². The molecule has 4 aliphatic rings. The fourth-order valence-electron chi connectivity index (χ4n) is 4.46. The minimum Gasteiger partial charge on any atom is -0.339 e. The summed E-state index contributed by atoms with van der Waals surface area (Å²) in [5.74, 6) is -1.03. The average molecular weight is 377 g/mol. The lowest BCUT2D eigenvalue weighted by Gasteiger charge is -2.69. The van der Waals surface area contributed by atoms with E-state index < -0.39 is 19.5 Å². The topological polar surface area (TPSA) is 27.7 Å². The van der Waals surface area contributed by atoms with Crippen molar-refractivity contribution < 1.29 is 14.2 Å². The molecule has 0 saturated carbocycles. The summed E-state index contributed by atoms with van der Waals surface area (Å²) in [4.78, 5) is 0. The molecule has 4 fully saturated rings. The van der Waals surface area contributed by atoms with Gasteiger partial charge in [0.2, 0.25) is 0 Å². The molecule has 0 radical (unpaired) electrons. The molecule has 0 amide bonds. The number of rotatable bonds is 1. The Hall–Kier alpha value is 0.490. The van der Waals surface area contributed by atoms with Crippen LogP contribution in [0.15, 0.2) is 15.9 Å². The number of hydrogen-bond donors (Lipinski definition) is 0. The number of ether oxygens (including phenoxy) is 3. The first kappa shape index (κ1) is 14.1. The summed E-state index contributed by atoms with van der Waals surface area (Å²) in [6.45, 7) is 8.59. The van der Waals surface area contributed by atoms with Crippen LogP contribution in [0.25, 0.3) is 0 Å². The molecule has 4 bridgehead atoms. The highest BCUT2D eigenvalue weighted by Crippen LogP contribution is 2.76. The first-order chi connectivity index (χ1) is 9.17. The molecule has 5 rings (SSSR count). The van der Waals surface area contributed by atoms with Gasteiger partial charge in [-0.15, -0.1) is 11.3 Å². The Balaban J connectivity index is 1.89. The van der Waals surface area contributed by atoms with Gasteiger partial charge in [0.1, 0.15) is 10.7 Å². The number of hydrogen-bond acceptors (Lipinski definition) is 4. The van der Waals surface area contributed by atoms with Gasteiger partial charge in [-0.3, -0.25) is 0 Å². The molecule has 0 spiro atoms. The van der Waals surface area contributed by atoms with Gasteiger partial charge < -0.3 is 14.2 Å². The lowest BCUT2D eigenvalue weighted by molar-refractivity contribution is -0.467. The van der Waals surface area contributed by atoms with E-state index in [9.17, 15) is 0 Å². The van der Waals surface area contributed by atoms with E-state index in [0.717, 1.165) is 12.8 Å². The number of halogens is 1. The summed E-state index contributed by atoms with van der Waals surface area (Å²) in [6, 6.07) is 2.13. The number of thiophene rings is 1. The van der Waals surface area contributed by atoms with E-state index in [2.05, 4.69) is 55.1 Å². The van der Waals surface area contributed by atoms with Crippen molar-refractivity contribution in [3.63, 3.8) is 0 Å². The molecule has 4 saturated heterocycles. The Labute approximate surface area is 132 Å². The zero-order valence-electron chi connectivity index (χ0n) is 12.0. The SMILES string of the molecule is CC12CC3(C)OC(C)(CC(C)(O1)P3c1sccc1Br)O2. The van der Waals surface area contributed by atoms with Crippen molar-refractivity contribution in [3.05, 3.63) is 15.9 Å². The second-order valence-electron chi connectivity index (χ2n) is 6.69. The predicted molar refractivity (Wildman–Crippen MR) is 84.7 cm³/mol. The first-order valence-electron chi connectivity index (χ1n) is 6.81. The Morgan fingerprint density at radius 2 is 1.60 bits per heavy atom. The van der Waals surface area contributed by atoms with E-state index >= 15 is 0 Å². The van der Waals surface area contributed by atoms with Gasteiger partial charge in [-0.1, -0.05) is 0 Å². The molecule has 1 aromatic heterocycles. The average Bonchev–Trinajstić information content (AvgIpc) is 2.56. The fourth-order valence-corrected chi connectivity index (χ4v) is 11.5. The third-order valence-electron chi connectivity index (χ3n) is 4.35. The van der Waals surface area contributed by atoms with E-state index in [4.69, 9.17) is 14.2 Å². The van der Waals surface area contributed by atoms with Crippen LogP contribution >= 0.6 is 35.2 Å². The molecular formula is C14H18BrO3PS. The van der Waals surface area contributed by atoms with Crippen molar-refractivity contribution >= 4 is 39.8 Å². The zero-order chi connectivity index (χ0) is 14.4. The molecule has 6 heteroatoms. The van der Waals surface area contributed by atoms with Gasteiger partial charge in [0.15, 0.2) is 11.6 Å². The predicted octanol–water partition coefficient (Wildman–Crippen LogP) is 4.35. The molecule has 4 unspecified atom stereocenters. The summed E-state index contributed by atoms with van der Waals surface area (Å²) < 4.78 is 21.5. The summed E-state index contributed by atoms with van der Waals surface area (Å²) >= 11 is 5.50. The van der Waals surface area contributed by atoms with Crippen molar-refractivity contribution in [2.24, 2.45) is 0 Å². The van der Waals surface area contributed by atoms with E-state index in [1.165, 1.54) is 9.09 Å². The van der Waals surface area contributed by atoms with E-state index in [1.54, 1.807) is 11.3 Å². The highest BCUT2D eigenvalue weighted by molar-refractivity contribution is 9.10.